The number of hydrogen-bond acceptors (Lipinski definition) is 5. The van der Waals surface area contributed by atoms with Gasteiger partial charge in [0.2, 0.25) is 0 Å². The summed E-state index contributed by atoms with van der Waals surface area (Å²) in [4.78, 5) is 22.3. The van der Waals surface area contributed by atoms with Gasteiger partial charge in [-0.25, -0.2) is 16.7 Å². The molecule has 0 bridgehead atoms. The molecule has 2 heterocycles. The fourth-order valence-electron chi connectivity index (χ4n) is 8.47. The lowest BCUT2D eigenvalue weighted by atomic mass is 9.88. The van der Waals surface area contributed by atoms with E-state index in [-0.39, 0.29) is 35.5 Å². The van der Waals surface area contributed by atoms with Crippen LogP contribution in [-0.4, -0.2) is 21.2 Å². The summed E-state index contributed by atoms with van der Waals surface area (Å²) in [5, 5.41) is 21.2. The number of nitrogens with zero attached hydrogens (tertiary/aromatic N) is 6. The Morgan fingerprint density at radius 3 is 1.38 bits per heavy atom. The van der Waals surface area contributed by atoms with E-state index >= 15 is 0 Å². The number of aryl methyl sites for hydroxylation is 4. The van der Waals surface area contributed by atoms with Gasteiger partial charge in [0.1, 0.15) is 6.07 Å². The molecule has 319 valence electrons. The minimum absolute atomic E-state index is 0. The summed E-state index contributed by atoms with van der Waals surface area (Å²) in [6.07, 6.45) is 2.63. The lowest BCUT2D eigenvalue weighted by Gasteiger charge is -2.34. The molecule has 66 heavy (non-hydrogen) atoms. The molecule has 2 aliphatic heterocycles. The summed E-state index contributed by atoms with van der Waals surface area (Å²) in [6, 6.07) is 54.6. The van der Waals surface area contributed by atoms with Crippen molar-refractivity contribution in [3.8, 4) is 34.4 Å². The third kappa shape index (κ3) is 8.91. The molecule has 8 heteroatoms. The zero-order valence-electron chi connectivity index (χ0n) is 35.9. The zero-order chi connectivity index (χ0) is 44.2. The van der Waals surface area contributed by atoms with Gasteiger partial charge in [-0.05, 0) is 128 Å². The first kappa shape index (κ1) is 48.3. The Kier molecular flexibility index (Phi) is 15.1. The van der Waals surface area contributed by atoms with Gasteiger partial charge in [-0.15, -0.1) is 0 Å². The summed E-state index contributed by atoms with van der Waals surface area (Å²) < 4.78 is 0. The SMILES string of the molecule is C.C.Cc1ccc(N2c3ccc(C)cc3-c3cccc4c(C=O)ccc2c34)cc1.[B].[C-]#[N+]/C(C#N)=C\c1ccc2c3c(cccc13)-c1cc(C)ccc1N2c1ccc(C)cc1.[C-]#[N+]CC#N. The minimum atomic E-state index is -0.0139. The molecule has 8 aromatic rings. The van der Waals surface area contributed by atoms with Crippen LogP contribution in [0.1, 0.15) is 53.0 Å². The average Bonchev–Trinajstić information content (AvgIpc) is 3.31. The van der Waals surface area contributed by atoms with Gasteiger partial charge < -0.3 is 14.6 Å². The molecule has 0 unspecified atom stereocenters. The summed E-state index contributed by atoms with van der Waals surface area (Å²) in [5.41, 5.74) is 18.1. The first-order valence-corrected chi connectivity index (χ1v) is 20.4. The van der Waals surface area contributed by atoms with Crippen LogP contribution < -0.4 is 9.80 Å². The van der Waals surface area contributed by atoms with Crippen molar-refractivity contribution in [3.63, 3.8) is 0 Å². The fourth-order valence-corrected chi connectivity index (χ4v) is 8.47. The maximum absolute atomic E-state index is 11.6. The molecule has 0 atom stereocenters. The van der Waals surface area contributed by atoms with Gasteiger partial charge in [0, 0.05) is 47.3 Å². The summed E-state index contributed by atoms with van der Waals surface area (Å²) in [6.45, 7) is 21.7. The molecule has 0 aromatic heterocycles. The average molecular weight is 856 g/mol. The van der Waals surface area contributed by atoms with Crippen LogP contribution in [0.25, 0.3) is 59.6 Å². The standard InChI is InChI=1S/C28H19N3.C25H19NO.C3H2N2.2CH4.B/c1-18-7-11-22(12-8-18)31-26-13-9-19(2)15-25(26)24-6-4-5-23-20(16-21(17-29)30-3)10-14-27(31)28(23)24;1-16-6-10-19(11-7-16)26-23-12-8-17(2)14-22(23)21-5-3-4-20-18(15-27)9-13-24(26)25(20)21;1-5-3-2-4;;;/h4-16H,1-2H3;3-15H,1-2H3;3H2;2*1H4;/b21-16-;;;;;. The van der Waals surface area contributed by atoms with Crippen LogP contribution in [0, 0.1) is 63.5 Å². The number of carbonyl (C=O) groups excluding carboxylic acids is 1. The third-order valence-electron chi connectivity index (χ3n) is 11.3. The molecule has 7 nitrogen and oxygen atoms in total. The predicted octanol–water partition coefficient (Wildman–Crippen LogP) is 15.7. The fraction of sp³-hybridized carbons (Fsp3) is 0.121. The molecular formula is C58H48BN6O. The summed E-state index contributed by atoms with van der Waals surface area (Å²) >= 11 is 0. The van der Waals surface area contributed by atoms with Crippen molar-refractivity contribution in [2.24, 2.45) is 0 Å². The van der Waals surface area contributed by atoms with Crippen LogP contribution in [-0.2, 0) is 0 Å². The molecular weight excluding hydrogens is 807 g/mol. The number of nitriles is 2. The van der Waals surface area contributed by atoms with Crippen LogP contribution in [0.4, 0.5) is 34.1 Å². The normalized spacial score (nSPS) is 11.1. The number of aldehydes is 1. The van der Waals surface area contributed by atoms with Crippen molar-refractivity contribution in [1.29, 1.82) is 10.5 Å². The molecule has 0 saturated carbocycles. The smallest absolute Gasteiger partial charge is 0.298 e. The number of anilines is 6. The Morgan fingerprint density at radius 1 is 0.561 bits per heavy atom. The van der Waals surface area contributed by atoms with E-state index in [1.807, 2.05) is 30.3 Å². The Balaban J connectivity index is 0.000000217. The summed E-state index contributed by atoms with van der Waals surface area (Å²) in [5.74, 6) is 0. The quantitative estimate of drug-likeness (QED) is 0.0579. The van der Waals surface area contributed by atoms with E-state index in [4.69, 9.17) is 18.4 Å². The number of hydrogen-bond donors (Lipinski definition) is 0. The Bertz CT molecular complexity index is 3300. The molecule has 0 aliphatic carbocycles. The Morgan fingerprint density at radius 2 is 0.985 bits per heavy atom. The highest BCUT2D eigenvalue weighted by atomic mass is 16.1. The van der Waals surface area contributed by atoms with E-state index in [9.17, 15) is 10.1 Å². The first-order chi connectivity index (χ1) is 30.7. The van der Waals surface area contributed by atoms with Crippen molar-refractivity contribution in [1.82, 2.24) is 0 Å². The lowest BCUT2D eigenvalue weighted by Crippen LogP contribution is -2.15. The van der Waals surface area contributed by atoms with Crippen LogP contribution in [0.2, 0.25) is 0 Å². The minimum Gasteiger partial charge on any atom is -0.309 e. The molecule has 0 fully saturated rings. The largest absolute Gasteiger partial charge is 0.309 e. The van der Waals surface area contributed by atoms with Gasteiger partial charge in [0.05, 0.1) is 35.4 Å². The summed E-state index contributed by atoms with van der Waals surface area (Å²) in [7, 11) is 0. The van der Waals surface area contributed by atoms with E-state index in [0.717, 1.165) is 67.4 Å². The van der Waals surface area contributed by atoms with E-state index in [1.165, 1.54) is 50.2 Å². The molecule has 0 saturated heterocycles. The highest BCUT2D eigenvalue weighted by Gasteiger charge is 2.28. The third-order valence-corrected chi connectivity index (χ3v) is 11.3. The second-order valence-corrected chi connectivity index (χ2v) is 15.5. The van der Waals surface area contributed by atoms with Crippen LogP contribution >= 0.6 is 0 Å². The Hall–Kier alpha value is -8.69. The van der Waals surface area contributed by atoms with E-state index in [0.29, 0.717) is 0 Å². The maximum Gasteiger partial charge on any atom is 0.298 e. The van der Waals surface area contributed by atoms with Crippen molar-refractivity contribution < 1.29 is 4.79 Å². The van der Waals surface area contributed by atoms with Crippen molar-refractivity contribution in [3.05, 3.63) is 208 Å². The van der Waals surface area contributed by atoms with Gasteiger partial charge in [-0.3, -0.25) is 4.79 Å². The topological polar surface area (TPSA) is 79.8 Å². The number of fused-ring (bicyclic) bond motifs is 4. The van der Waals surface area contributed by atoms with E-state index in [2.05, 4.69) is 169 Å². The highest BCUT2D eigenvalue weighted by Crippen LogP contribution is 2.53. The highest BCUT2D eigenvalue weighted by molar-refractivity contribution is 6.18. The van der Waals surface area contributed by atoms with Crippen LogP contribution in [0.5, 0.6) is 0 Å². The zero-order valence-corrected chi connectivity index (χ0v) is 35.9. The molecule has 0 spiro atoms. The molecule has 0 amide bonds. The van der Waals surface area contributed by atoms with Gasteiger partial charge in [0.15, 0.2) is 6.29 Å². The molecule has 2 aliphatic rings. The van der Waals surface area contributed by atoms with E-state index in [1.54, 1.807) is 12.1 Å². The van der Waals surface area contributed by atoms with Crippen molar-refractivity contribution in [2.45, 2.75) is 42.5 Å². The second kappa shape index (κ2) is 20.7. The number of rotatable bonds is 4. The van der Waals surface area contributed by atoms with Gasteiger partial charge in [0.25, 0.3) is 12.2 Å². The monoisotopic (exact) mass is 855 g/mol. The van der Waals surface area contributed by atoms with Gasteiger partial charge in [-0.2, -0.15) is 5.26 Å². The van der Waals surface area contributed by atoms with Crippen molar-refractivity contribution >= 4 is 76.4 Å². The number of carbonyl (C=O) groups is 1. The molecule has 3 radical (unpaired) electrons. The van der Waals surface area contributed by atoms with E-state index < -0.39 is 0 Å². The number of allylic oxidation sites excluding steroid dienone is 1. The molecule has 10 rings (SSSR count). The molecule has 0 N–H and O–H groups in total. The maximum atomic E-state index is 11.6. The van der Waals surface area contributed by atoms with Crippen LogP contribution in [0.15, 0.2) is 151 Å². The van der Waals surface area contributed by atoms with Gasteiger partial charge in [-0.1, -0.05) is 116 Å². The second-order valence-electron chi connectivity index (χ2n) is 15.5. The first-order valence-electron chi connectivity index (χ1n) is 20.4. The van der Waals surface area contributed by atoms with Gasteiger partial charge >= 0.3 is 0 Å². The van der Waals surface area contributed by atoms with Crippen LogP contribution in [0.3, 0.4) is 0 Å². The lowest BCUT2D eigenvalue weighted by molar-refractivity contribution is 0.112. The predicted molar refractivity (Wildman–Crippen MR) is 276 cm³/mol. The number of benzene rings is 8. The van der Waals surface area contributed by atoms with Crippen molar-refractivity contribution in [2.75, 3.05) is 16.3 Å². The molecule has 8 aromatic carbocycles. The Labute approximate surface area is 391 Å².